The van der Waals surface area contributed by atoms with Gasteiger partial charge in [0.1, 0.15) is 0 Å². The lowest BCUT2D eigenvalue weighted by Crippen LogP contribution is -2.12. The van der Waals surface area contributed by atoms with E-state index in [-0.39, 0.29) is 5.92 Å². The van der Waals surface area contributed by atoms with Crippen LogP contribution in [0.4, 0.5) is 0 Å². The van der Waals surface area contributed by atoms with Gasteiger partial charge in [0, 0.05) is 12.0 Å². The summed E-state index contributed by atoms with van der Waals surface area (Å²) >= 11 is 6.31. The lowest BCUT2D eigenvalue weighted by atomic mass is 9.91. The van der Waals surface area contributed by atoms with Gasteiger partial charge in [-0.25, -0.2) is 0 Å². The van der Waals surface area contributed by atoms with Gasteiger partial charge in [0.05, 0.1) is 23.8 Å². The van der Waals surface area contributed by atoms with Crippen molar-refractivity contribution in [3.05, 3.63) is 22.2 Å². The third-order valence-electron chi connectivity index (χ3n) is 3.81. The number of aliphatic hydroxyl groups is 1. The molecule has 1 aliphatic heterocycles. The zero-order valence-electron chi connectivity index (χ0n) is 11.3. The van der Waals surface area contributed by atoms with E-state index in [0.29, 0.717) is 24.0 Å². The first-order valence-electron chi connectivity index (χ1n) is 6.88. The molecule has 2 aliphatic rings. The molecule has 0 bridgehead atoms. The third kappa shape index (κ3) is 2.19. The predicted octanol–water partition coefficient (Wildman–Crippen LogP) is 3.61. The molecule has 4 heteroatoms. The zero-order chi connectivity index (χ0) is 13.6. The summed E-state index contributed by atoms with van der Waals surface area (Å²) < 4.78 is 11.6. The summed E-state index contributed by atoms with van der Waals surface area (Å²) in [7, 11) is 0. The van der Waals surface area contributed by atoms with Crippen LogP contribution in [0.15, 0.2) is 6.07 Å². The molecule has 1 aliphatic carbocycles. The highest BCUT2D eigenvalue weighted by Crippen LogP contribution is 2.54. The fraction of sp³-hybridized carbons (Fsp3) is 0.600. The molecule has 0 saturated heterocycles. The number of rotatable bonds is 2. The molecule has 104 valence electrons. The number of benzene rings is 1. The Balaban J connectivity index is 2.21. The van der Waals surface area contributed by atoms with Crippen molar-refractivity contribution < 1.29 is 14.6 Å². The molecule has 1 aromatic rings. The van der Waals surface area contributed by atoms with Crippen LogP contribution in [-0.4, -0.2) is 18.3 Å². The summed E-state index contributed by atoms with van der Waals surface area (Å²) in [6, 6.07) is 1.86. The normalized spacial score (nSPS) is 20.3. The van der Waals surface area contributed by atoms with E-state index in [0.717, 1.165) is 36.1 Å². The average molecular weight is 283 g/mol. The lowest BCUT2D eigenvalue weighted by molar-refractivity contribution is 0.149. The maximum absolute atomic E-state index is 10.5. The largest absolute Gasteiger partial charge is 0.489 e. The number of hydrogen-bond donors (Lipinski definition) is 1. The summed E-state index contributed by atoms with van der Waals surface area (Å²) in [5.41, 5.74) is 1.24. The van der Waals surface area contributed by atoms with Crippen LogP contribution in [0.2, 0.25) is 5.02 Å². The summed E-state index contributed by atoms with van der Waals surface area (Å²) in [6.45, 7) is 5.46. The van der Waals surface area contributed by atoms with E-state index in [1.807, 2.05) is 6.07 Å². The van der Waals surface area contributed by atoms with Gasteiger partial charge in [-0.3, -0.25) is 0 Å². The van der Waals surface area contributed by atoms with Gasteiger partial charge in [-0.1, -0.05) is 25.4 Å². The van der Waals surface area contributed by atoms with Crippen LogP contribution in [0, 0.1) is 0 Å². The molecular formula is C15H19ClO3. The van der Waals surface area contributed by atoms with Crippen molar-refractivity contribution in [3.63, 3.8) is 0 Å². The van der Waals surface area contributed by atoms with Gasteiger partial charge in [-0.15, -0.1) is 0 Å². The zero-order valence-corrected chi connectivity index (χ0v) is 12.1. The Labute approximate surface area is 118 Å². The van der Waals surface area contributed by atoms with Crippen LogP contribution in [-0.2, 0) is 5.60 Å². The molecule has 19 heavy (non-hydrogen) atoms. The molecule has 3 nitrogen and oxygen atoms in total. The summed E-state index contributed by atoms with van der Waals surface area (Å²) in [4.78, 5) is 0. The van der Waals surface area contributed by atoms with E-state index in [1.165, 1.54) is 0 Å². The van der Waals surface area contributed by atoms with Crippen molar-refractivity contribution in [1.29, 1.82) is 0 Å². The van der Waals surface area contributed by atoms with Crippen molar-refractivity contribution in [2.45, 2.75) is 44.6 Å². The molecule has 1 N–H and O–H groups in total. The fourth-order valence-corrected chi connectivity index (χ4v) is 2.90. The van der Waals surface area contributed by atoms with Crippen molar-refractivity contribution in [3.8, 4) is 11.5 Å². The van der Waals surface area contributed by atoms with Crippen LogP contribution in [0.1, 0.15) is 50.2 Å². The fourth-order valence-electron chi connectivity index (χ4n) is 2.65. The monoisotopic (exact) mass is 282 g/mol. The van der Waals surface area contributed by atoms with E-state index in [9.17, 15) is 5.11 Å². The molecule has 0 spiro atoms. The number of ether oxygens (including phenoxy) is 2. The SMILES string of the molecule is CC(C)c1c(C2(O)CC2)cc(Cl)c2c1OCCCO2. The second-order valence-corrected chi connectivity index (χ2v) is 6.12. The minimum atomic E-state index is -0.714. The summed E-state index contributed by atoms with van der Waals surface area (Å²) in [5.74, 6) is 1.62. The molecule has 0 amide bonds. The first-order valence-corrected chi connectivity index (χ1v) is 7.25. The van der Waals surface area contributed by atoms with E-state index in [4.69, 9.17) is 21.1 Å². The molecule has 0 unspecified atom stereocenters. The average Bonchev–Trinajstić information content (AvgIpc) is 3.12. The minimum absolute atomic E-state index is 0.257. The molecule has 0 aromatic heterocycles. The Morgan fingerprint density at radius 2 is 1.84 bits per heavy atom. The molecule has 1 fully saturated rings. The van der Waals surface area contributed by atoms with Gasteiger partial charge in [-0.2, -0.15) is 0 Å². The van der Waals surface area contributed by atoms with E-state index in [2.05, 4.69) is 13.8 Å². The Hall–Kier alpha value is -0.930. The van der Waals surface area contributed by atoms with Gasteiger partial charge in [0.25, 0.3) is 0 Å². The van der Waals surface area contributed by atoms with E-state index >= 15 is 0 Å². The second-order valence-electron chi connectivity index (χ2n) is 5.71. The Bertz CT molecular complexity index is 507. The van der Waals surface area contributed by atoms with Crippen LogP contribution >= 0.6 is 11.6 Å². The molecule has 3 rings (SSSR count). The standard InChI is InChI=1S/C15H19ClO3/c1-9(2)12-10(15(17)4-5-15)8-11(16)13-14(12)19-7-3-6-18-13/h8-9,17H,3-7H2,1-2H3. The first kappa shape index (κ1) is 13.1. The molecule has 1 heterocycles. The smallest absolute Gasteiger partial charge is 0.180 e. The summed E-state index contributed by atoms with van der Waals surface area (Å²) in [5, 5.41) is 11.0. The molecule has 1 saturated carbocycles. The second kappa shape index (κ2) is 4.57. The molecule has 0 radical (unpaired) electrons. The van der Waals surface area contributed by atoms with Gasteiger partial charge < -0.3 is 14.6 Å². The maximum Gasteiger partial charge on any atom is 0.180 e. The predicted molar refractivity (Wildman–Crippen MR) is 74.3 cm³/mol. The van der Waals surface area contributed by atoms with Crippen molar-refractivity contribution in [2.75, 3.05) is 13.2 Å². The van der Waals surface area contributed by atoms with Crippen molar-refractivity contribution in [2.24, 2.45) is 0 Å². The Kier molecular flexibility index (Phi) is 3.14. The van der Waals surface area contributed by atoms with E-state index < -0.39 is 5.60 Å². The van der Waals surface area contributed by atoms with Crippen LogP contribution in [0.25, 0.3) is 0 Å². The Morgan fingerprint density at radius 3 is 2.42 bits per heavy atom. The van der Waals surface area contributed by atoms with Crippen molar-refractivity contribution >= 4 is 11.6 Å². The highest BCUT2D eigenvalue weighted by molar-refractivity contribution is 6.32. The molecule has 1 aromatic carbocycles. The van der Waals surface area contributed by atoms with Gasteiger partial charge in [0.15, 0.2) is 11.5 Å². The summed E-state index contributed by atoms with van der Waals surface area (Å²) in [6.07, 6.45) is 2.44. The van der Waals surface area contributed by atoms with Crippen molar-refractivity contribution in [1.82, 2.24) is 0 Å². The number of halogens is 1. The first-order chi connectivity index (χ1) is 9.03. The van der Waals surface area contributed by atoms with Crippen LogP contribution in [0.3, 0.4) is 0 Å². The molecular weight excluding hydrogens is 264 g/mol. The maximum atomic E-state index is 10.5. The topological polar surface area (TPSA) is 38.7 Å². The van der Waals surface area contributed by atoms with Gasteiger partial charge in [-0.05, 0) is 30.4 Å². The third-order valence-corrected chi connectivity index (χ3v) is 4.09. The quantitative estimate of drug-likeness (QED) is 0.901. The van der Waals surface area contributed by atoms with Gasteiger partial charge >= 0.3 is 0 Å². The van der Waals surface area contributed by atoms with Crippen LogP contribution < -0.4 is 9.47 Å². The van der Waals surface area contributed by atoms with Gasteiger partial charge in [0.2, 0.25) is 0 Å². The minimum Gasteiger partial charge on any atom is -0.489 e. The number of hydrogen-bond acceptors (Lipinski definition) is 3. The highest BCUT2D eigenvalue weighted by Gasteiger charge is 2.45. The Morgan fingerprint density at radius 1 is 1.21 bits per heavy atom. The number of fused-ring (bicyclic) bond motifs is 1. The molecule has 0 atom stereocenters. The van der Waals surface area contributed by atoms with Crippen LogP contribution in [0.5, 0.6) is 11.5 Å². The highest BCUT2D eigenvalue weighted by atomic mass is 35.5. The lowest BCUT2D eigenvalue weighted by Gasteiger charge is -2.23. The van der Waals surface area contributed by atoms with E-state index in [1.54, 1.807) is 0 Å².